The predicted octanol–water partition coefficient (Wildman–Crippen LogP) is 5.78. The molecule has 0 aromatic carbocycles. The largest absolute Gasteiger partial charge is 0.444 e. The Morgan fingerprint density at radius 1 is 1.02 bits per heavy atom. The minimum absolute atomic E-state index is 0.206. The Morgan fingerprint density at radius 3 is 2.44 bits per heavy atom. The lowest BCUT2D eigenvalue weighted by molar-refractivity contribution is 0.0369. The summed E-state index contributed by atoms with van der Waals surface area (Å²) in [6.45, 7) is 9.52. The van der Waals surface area contributed by atoms with Crippen LogP contribution in [0.15, 0.2) is 45.9 Å². The molecular formula is C28H36N6O5S2. The monoisotopic (exact) mass is 600 g/mol. The van der Waals surface area contributed by atoms with Crippen molar-refractivity contribution in [1.29, 1.82) is 0 Å². The first-order chi connectivity index (χ1) is 19.7. The number of urea groups is 1. The number of amides is 4. The van der Waals surface area contributed by atoms with Crippen LogP contribution in [0.5, 0.6) is 0 Å². The highest BCUT2D eigenvalue weighted by molar-refractivity contribution is 7.09. The summed E-state index contributed by atoms with van der Waals surface area (Å²) < 4.78 is 10.7. The van der Waals surface area contributed by atoms with Crippen LogP contribution in [0.3, 0.4) is 0 Å². The standard InChI is InChI=1S/C28H36N6O5S2/c1-28(2,3)39-27(37)33-24-18-41-17-23(24)31-25(35)22-7-6-19(15-29-22)21(5-4-9-34-10-12-38-13-11-34)32-26(36)30-20-8-14-40-16-20/h6-8,14-18,21H,4-5,9-13H2,1-3H3,(H,31,35)(H,33,37)(H2,30,32,36). The van der Waals surface area contributed by atoms with Crippen LogP contribution < -0.4 is 21.3 Å². The van der Waals surface area contributed by atoms with Crippen LogP contribution >= 0.6 is 22.7 Å². The highest BCUT2D eigenvalue weighted by Crippen LogP contribution is 2.28. The average molecular weight is 601 g/mol. The molecule has 4 N–H and O–H groups in total. The number of thiophene rings is 2. The maximum Gasteiger partial charge on any atom is 0.412 e. The molecule has 0 bridgehead atoms. The fourth-order valence-electron chi connectivity index (χ4n) is 4.16. The first kappa shape index (κ1) is 30.4. The number of aromatic nitrogens is 1. The van der Waals surface area contributed by atoms with E-state index in [4.69, 9.17) is 9.47 Å². The summed E-state index contributed by atoms with van der Waals surface area (Å²) in [4.78, 5) is 44.6. The molecule has 0 spiro atoms. The van der Waals surface area contributed by atoms with Crippen LogP contribution in [0.1, 0.15) is 55.7 Å². The average Bonchev–Trinajstić information content (AvgIpc) is 3.60. The van der Waals surface area contributed by atoms with Crippen molar-refractivity contribution in [2.45, 2.75) is 45.3 Å². The fourth-order valence-corrected chi connectivity index (χ4v) is 5.46. The number of carbonyl (C=O) groups excluding carboxylic acids is 3. The topological polar surface area (TPSA) is 134 Å². The van der Waals surface area contributed by atoms with Crippen LogP contribution in [0.4, 0.5) is 26.7 Å². The van der Waals surface area contributed by atoms with Gasteiger partial charge in [-0.2, -0.15) is 11.3 Å². The van der Waals surface area contributed by atoms with Crippen LogP contribution in [0, 0.1) is 0 Å². The van der Waals surface area contributed by atoms with E-state index >= 15 is 0 Å². The fraction of sp³-hybridized carbons (Fsp3) is 0.429. The lowest BCUT2D eigenvalue weighted by atomic mass is 10.0. The Morgan fingerprint density at radius 2 is 1.78 bits per heavy atom. The molecule has 220 valence electrons. The Balaban J connectivity index is 1.38. The third-order valence-corrected chi connectivity index (χ3v) is 7.55. The first-order valence-electron chi connectivity index (χ1n) is 13.4. The van der Waals surface area contributed by atoms with E-state index in [-0.39, 0.29) is 17.8 Å². The third kappa shape index (κ3) is 9.81. The molecule has 1 atom stereocenters. The Hall–Kier alpha value is -3.52. The minimum Gasteiger partial charge on any atom is -0.444 e. The lowest BCUT2D eigenvalue weighted by Crippen LogP contribution is -2.37. The molecular weight excluding hydrogens is 564 g/mol. The van der Waals surface area contributed by atoms with Gasteiger partial charge in [0.1, 0.15) is 11.3 Å². The van der Waals surface area contributed by atoms with E-state index in [1.165, 1.54) is 22.7 Å². The second-order valence-corrected chi connectivity index (χ2v) is 12.0. The zero-order chi connectivity index (χ0) is 29.2. The smallest absolute Gasteiger partial charge is 0.412 e. The molecule has 4 amide bonds. The van der Waals surface area contributed by atoms with Gasteiger partial charge in [0, 0.05) is 35.4 Å². The van der Waals surface area contributed by atoms with E-state index in [0.29, 0.717) is 17.8 Å². The lowest BCUT2D eigenvalue weighted by Gasteiger charge is -2.27. The zero-order valence-corrected chi connectivity index (χ0v) is 25.0. The molecule has 13 heteroatoms. The number of rotatable bonds is 10. The van der Waals surface area contributed by atoms with Gasteiger partial charge in [-0.1, -0.05) is 6.07 Å². The summed E-state index contributed by atoms with van der Waals surface area (Å²) in [6.07, 6.45) is 2.59. The molecule has 1 aliphatic heterocycles. The number of pyridine rings is 1. The van der Waals surface area contributed by atoms with Crippen molar-refractivity contribution < 1.29 is 23.9 Å². The molecule has 0 radical (unpaired) electrons. The van der Waals surface area contributed by atoms with Crippen molar-refractivity contribution in [3.8, 4) is 0 Å². The van der Waals surface area contributed by atoms with Gasteiger partial charge in [-0.05, 0) is 63.2 Å². The Bertz CT molecular complexity index is 1280. The number of anilines is 3. The quantitative estimate of drug-likeness (QED) is 0.232. The second-order valence-electron chi connectivity index (χ2n) is 10.5. The molecule has 4 heterocycles. The molecule has 11 nitrogen and oxygen atoms in total. The predicted molar refractivity (Wildman–Crippen MR) is 162 cm³/mol. The van der Waals surface area contributed by atoms with Gasteiger partial charge >= 0.3 is 12.1 Å². The van der Waals surface area contributed by atoms with Gasteiger partial charge in [0.15, 0.2) is 0 Å². The van der Waals surface area contributed by atoms with Gasteiger partial charge < -0.3 is 25.4 Å². The maximum absolute atomic E-state index is 13.0. The number of ether oxygens (including phenoxy) is 2. The van der Waals surface area contributed by atoms with Crippen molar-refractivity contribution in [2.24, 2.45) is 0 Å². The van der Waals surface area contributed by atoms with Gasteiger partial charge in [0.05, 0.1) is 36.3 Å². The van der Waals surface area contributed by atoms with E-state index in [2.05, 4.69) is 31.2 Å². The number of hydrogen-bond donors (Lipinski definition) is 4. The second kappa shape index (κ2) is 14.4. The van der Waals surface area contributed by atoms with Gasteiger partial charge in [-0.25, -0.2) is 9.59 Å². The summed E-state index contributed by atoms with van der Waals surface area (Å²) >= 11 is 2.84. The normalized spacial score (nSPS) is 14.6. The van der Waals surface area contributed by atoms with E-state index < -0.39 is 17.6 Å². The maximum atomic E-state index is 13.0. The van der Waals surface area contributed by atoms with Gasteiger partial charge in [0.2, 0.25) is 0 Å². The van der Waals surface area contributed by atoms with Gasteiger partial charge in [-0.15, -0.1) is 11.3 Å². The van der Waals surface area contributed by atoms with Crippen LogP contribution in [-0.2, 0) is 9.47 Å². The molecule has 41 heavy (non-hydrogen) atoms. The van der Waals surface area contributed by atoms with E-state index in [1.807, 2.05) is 16.8 Å². The molecule has 3 aromatic rings. The van der Waals surface area contributed by atoms with Crippen LogP contribution in [0.25, 0.3) is 0 Å². The number of morpholine rings is 1. The summed E-state index contributed by atoms with van der Waals surface area (Å²) in [5.41, 5.74) is 1.98. The molecule has 0 aliphatic carbocycles. The van der Waals surface area contributed by atoms with Crippen molar-refractivity contribution in [3.05, 3.63) is 57.2 Å². The molecule has 4 rings (SSSR count). The van der Waals surface area contributed by atoms with E-state index in [1.54, 1.807) is 49.9 Å². The molecule has 0 saturated carbocycles. The van der Waals surface area contributed by atoms with Crippen LogP contribution in [0.2, 0.25) is 0 Å². The molecule has 1 unspecified atom stereocenters. The zero-order valence-electron chi connectivity index (χ0n) is 23.4. The van der Waals surface area contributed by atoms with Gasteiger partial charge in [-0.3, -0.25) is 20.0 Å². The number of nitrogens with one attached hydrogen (secondary N) is 4. The number of hydrogen-bond acceptors (Lipinski definition) is 9. The summed E-state index contributed by atoms with van der Waals surface area (Å²) in [6, 6.07) is 4.68. The van der Waals surface area contributed by atoms with E-state index in [9.17, 15) is 14.4 Å². The molecule has 3 aromatic heterocycles. The molecule has 1 aliphatic rings. The molecule has 1 saturated heterocycles. The summed E-state index contributed by atoms with van der Waals surface area (Å²) in [5, 5.41) is 18.6. The van der Waals surface area contributed by atoms with Crippen molar-refractivity contribution in [3.63, 3.8) is 0 Å². The summed E-state index contributed by atoms with van der Waals surface area (Å²) in [5.74, 6) is -0.422. The summed E-state index contributed by atoms with van der Waals surface area (Å²) in [7, 11) is 0. The SMILES string of the molecule is CC(C)(C)OC(=O)Nc1cscc1NC(=O)c1ccc(C(CCCN2CCOCC2)NC(=O)Nc2ccsc2)cn1. The Kier molecular flexibility index (Phi) is 10.7. The van der Waals surface area contributed by atoms with Crippen molar-refractivity contribution in [1.82, 2.24) is 15.2 Å². The van der Waals surface area contributed by atoms with Gasteiger partial charge in [0.25, 0.3) is 5.91 Å². The highest BCUT2D eigenvalue weighted by Gasteiger charge is 2.20. The first-order valence-corrected chi connectivity index (χ1v) is 15.3. The van der Waals surface area contributed by atoms with E-state index in [0.717, 1.165) is 50.5 Å². The minimum atomic E-state index is -0.644. The third-order valence-electron chi connectivity index (χ3n) is 6.12. The van der Waals surface area contributed by atoms with Crippen molar-refractivity contribution >= 4 is 57.8 Å². The van der Waals surface area contributed by atoms with Crippen LogP contribution in [-0.4, -0.2) is 66.4 Å². The number of carbonyl (C=O) groups is 3. The number of nitrogens with zero attached hydrogens (tertiary/aromatic N) is 2. The highest BCUT2D eigenvalue weighted by atomic mass is 32.1. The van der Waals surface area contributed by atoms with Crippen molar-refractivity contribution in [2.75, 3.05) is 48.8 Å². The molecule has 1 fully saturated rings. The Labute approximate surface area is 247 Å².